The highest BCUT2D eigenvalue weighted by Gasteiger charge is 2.22. The van der Waals surface area contributed by atoms with Crippen LogP contribution in [0.5, 0.6) is 11.5 Å². The lowest BCUT2D eigenvalue weighted by Crippen LogP contribution is -2.24. The number of benzene rings is 2. The van der Waals surface area contributed by atoms with E-state index in [1.54, 1.807) is 6.07 Å². The number of hydrogen-bond acceptors (Lipinski definition) is 5. The van der Waals surface area contributed by atoms with E-state index in [0.29, 0.717) is 16.0 Å². The number of para-hydroxylation sites is 1. The molecule has 29 heavy (non-hydrogen) atoms. The molecule has 7 nitrogen and oxygen atoms in total. The highest BCUT2D eigenvalue weighted by atomic mass is 79.9. The zero-order chi connectivity index (χ0) is 21.2. The largest absolute Gasteiger partial charge is 0.493 e. The Hall–Kier alpha value is -2.36. The number of aromatic nitrogens is 2. The van der Waals surface area contributed by atoms with E-state index in [4.69, 9.17) is 9.47 Å². The van der Waals surface area contributed by atoms with E-state index < -0.39 is 10.0 Å². The second-order valence-corrected chi connectivity index (χ2v) is 8.95. The van der Waals surface area contributed by atoms with Crippen LogP contribution >= 0.6 is 15.9 Å². The topological polar surface area (TPSA) is 82.5 Å². The number of ether oxygens (including phenoxy) is 2. The zero-order valence-electron chi connectivity index (χ0n) is 16.6. The molecule has 0 saturated carbocycles. The normalized spacial score (nSPS) is 11.5. The van der Waals surface area contributed by atoms with Crippen LogP contribution in [-0.2, 0) is 16.6 Å². The first-order chi connectivity index (χ1) is 13.8. The summed E-state index contributed by atoms with van der Waals surface area (Å²) in [5.41, 5.74) is 3.39. The van der Waals surface area contributed by atoms with Gasteiger partial charge in [-0.05, 0) is 48.0 Å². The third-order valence-electron chi connectivity index (χ3n) is 4.61. The summed E-state index contributed by atoms with van der Waals surface area (Å²) in [6.07, 6.45) is 0. The number of aryl methyl sites for hydroxylation is 1. The third kappa shape index (κ3) is 4.31. The molecule has 0 saturated heterocycles. The number of nitrogens with zero attached hydrogens (tertiary/aromatic N) is 2. The van der Waals surface area contributed by atoms with Crippen LogP contribution in [-0.4, -0.2) is 32.4 Å². The predicted octanol–water partition coefficient (Wildman–Crippen LogP) is 3.75. The summed E-state index contributed by atoms with van der Waals surface area (Å²) in [7, 11) is -0.854. The smallest absolute Gasteiger partial charge is 0.242 e. The Kier molecular flexibility index (Phi) is 6.30. The van der Waals surface area contributed by atoms with Crippen molar-refractivity contribution in [1.82, 2.24) is 14.5 Å². The van der Waals surface area contributed by atoms with Crippen molar-refractivity contribution >= 4 is 26.0 Å². The Balaban J connectivity index is 1.89. The third-order valence-corrected chi connectivity index (χ3v) is 6.97. The maximum Gasteiger partial charge on any atom is 0.242 e. The molecule has 0 aliphatic heterocycles. The number of nitrogens with one attached hydrogen (secondary N) is 1. The van der Waals surface area contributed by atoms with Crippen molar-refractivity contribution in [1.29, 1.82) is 0 Å². The number of rotatable bonds is 7. The summed E-state index contributed by atoms with van der Waals surface area (Å²) in [6, 6.07) is 12.7. The van der Waals surface area contributed by atoms with Crippen molar-refractivity contribution in [2.75, 3.05) is 14.2 Å². The van der Waals surface area contributed by atoms with Crippen LogP contribution in [0, 0.1) is 13.8 Å². The summed E-state index contributed by atoms with van der Waals surface area (Å²) >= 11 is 3.31. The minimum Gasteiger partial charge on any atom is -0.493 e. The van der Waals surface area contributed by atoms with Gasteiger partial charge in [0.25, 0.3) is 0 Å². The summed E-state index contributed by atoms with van der Waals surface area (Å²) < 4.78 is 41.2. The second-order valence-electron chi connectivity index (χ2n) is 6.36. The van der Waals surface area contributed by atoms with Crippen molar-refractivity contribution in [3.8, 4) is 17.2 Å². The van der Waals surface area contributed by atoms with Gasteiger partial charge in [-0.2, -0.15) is 5.10 Å². The summed E-state index contributed by atoms with van der Waals surface area (Å²) in [4.78, 5) is 0.0703. The van der Waals surface area contributed by atoms with E-state index in [9.17, 15) is 8.42 Å². The van der Waals surface area contributed by atoms with E-state index in [0.717, 1.165) is 22.6 Å². The van der Waals surface area contributed by atoms with Crippen LogP contribution in [0.4, 0.5) is 0 Å². The second kappa shape index (κ2) is 8.56. The van der Waals surface area contributed by atoms with Crippen molar-refractivity contribution in [3.05, 3.63) is 63.9 Å². The molecule has 2 aromatic carbocycles. The molecule has 0 aliphatic rings. The monoisotopic (exact) mass is 479 g/mol. The average molecular weight is 480 g/mol. The van der Waals surface area contributed by atoms with E-state index in [1.165, 1.54) is 20.3 Å². The van der Waals surface area contributed by atoms with E-state index in [-0.39, 0.29) is 11.4 Å². The lowest BCUT2D eigenvalue weighted by Gasteiger charge is -2.13. The molecule has 3 aromatic rings. The Labute approximate surface area is 178 Å². The zero-order valence-corrected chi connectivity index (χ0v) is 19.0. The van der Waals surface area contributed by atoms with Crippen LogP contribution in [0.1, 0.15) is 17.0 Å². The van der Waals surface area contributed by atoms with Gasteiger partial charge in [0.15, 0.2) is 11.5 Å². The van der Waals surface area contributed by atoms with Gasteiger partial charge in [0.1, 0.15) is 4.90 Å². The van der Waals surface area contributed by atoms with Gasteiger partial charge in [-0.1, -0.05) is 18.2 Å². The Morgan fingerprint density at radius 2 is 1.69 bits per heavy atom. The molecule has 9 heteroatoms. The number of halogens is 1. The Bertz CT molecular complexity index is 1130. The summed E-state index contributed by atoms with van der Waals surface area (Å²) in [5.74, 6) is 0.773. The van der Waals surface area contributed by atoms with Crippen LogP contribution in [0.3, 0.4) is 0 Å². The van der Waals surface area contributed by atoms with Crippen LogP contribution in [0.15, 0.2) is 51.8 Å². The molecule has 3 rings (SSSR count). The van der Waals surface area contributed by atoms with Gasteiger partial charge in [0.05, 0.1) is 25.6 Å². The van der Waals surface area contributed by atoms with Crippen molar-refractivity contribution < 1.29 is 17.9 Å². The molecular weight excluding hydrogens is 458 g/mol. The first-order valence-corrected chi connectivity index (χ1v) is 11.1. The van der Waals surface area contributed by atoms with Crippen LogP contribution in [0.25, 0.3) is 5.69 Å². The standard InChI is InChI=1S/C20H22BrN3O4S/c1-13-16(14(2)24(23-13)15-8-6-5-7-9-15)12-22-29(25,26)20-11-19(28-4)18(27-3)10-17(20)21/h5-11,22H,12H2,1-4H3. The summed E-state index contributed by atoms with van der Waals surface area (Å²) in [5, 5.41) is 4.56. The molecule has 0 spiro atoms. The van der Waals surface area contributed by atoms with Crippen LogP contribution < -0.4 is 14.2 Å². The molecule has 0 atom stereocenters. The molecule has 0 fully saturated rings. The maximum atomic E-state index is 12.9. The lowest BCUT2D eigenvalue weighted by molar-refractivity contribution is 0.353. The molecular formula is C20H22BrN3O4S. The van der Waals surface area contributed by atoms with Gasteiger partial charge in [-0.3, -0.25) is 0 Å². The molecule has 1 heterocycles. The average Bonchev–Trinajstić information content (AvgIpc) is 3.00. The van der Waals surface area contributed by atoms with Gasteiger partial charge in [-0.25, -0.2) is 17.8 Å². The molecule has 1 aromatic heterocycles. The van der Waals surface area contributed by atoms with E-state index >= 15 is 0 Å². The molecule has 154 valence electrons. The fraction of sp³-hybridized carbons (Fsp3) is 0.250. The Morgan fingerprint density at radius 1 is 1.07 bits per heavy atom. The number of sulfonamides is 1. The fourth-order valence-corrected chi connectivity index (χ4v) is 5.07. The van der Waals surface area contributed by atoms with Gasteiger partial charge in [0, 0.05) is 28.3 Å². The molecule has 1 N–H and O–H groups in total. The SMILES string of the molecule is COc1cc(Br)c(S(=O)(=O)NCc2c(C)nn(-c3ccccc3)c2C)cc1OC. The minimum absolute atomic E-state index is 0.0703. The molecule has 0 aliphatic carbocycles. The molecule has 0 amide bonds. The summed E-state index contributed by atoms with van der Waals surface area (Å²) in [6.45, 7) is 3.90. The minimum atomic E-state index is -3.81. The Morgan fingerprint density at radius 3 is 2.31 bits per heavy atom. The molecule has 0 unspecified atom stereocenters. The van der Waals surface area contributed by atoms with E-state index in [2.05, 4.69) is 25.8 Å². The highest BCUT2D eigenvalue weighted by Crippen LogP contribution is 2.35. The first kappa shape index (κ1) is 21.4. The fourth-order valence-electron chi connectivity index (χ4n) is 3.04. The quantitative estimate of drug-likeness (QED) is 0.557. The van der Waals surface area contributed by atoms with Gasteiger partial charge < -0.3 is 9.47 Å². The number of hydrogen-bond donors (Lipinski definition) is 1. The first-order valence-electron chi connectivity index (χ1n) is 8.80. The van der Waals surface area contributed by atoms with Crippen molar-refractivity contribution in [3.63, 3.8) is 0 Å². The lowest BCUT2D eigenvalue weighted by atomic mass is 10.2. The molecule has 0 radical (unpaired) electrons. The molecule has 0 bridgehead atoms. The van der Waals surface area contributed by atoms with E-state index in [1.807, 2.05) is 48.9 Å². The predicted molar refractivity (Wildman–Crippen MR) is 114 cm³/mol. The van der Waals surface area contributed by atoms with Gasteiger partial charge >= 0.3 is 0 Å². The van der Waals surface area contributed by atoms with Gasteiger partial charge in [0.2, 0.25) is 10.0 Å². The van der Waals surface area contributed by atoms with Gasteiger partial charge in [-0.15, -0.1) is 0 Å². The van der Waals surface area contributed by atoms with Crippen LogP contribution in [0.2, 0.25) is 0 Å². The van der Waals surface area contributed by atoms with Crippen molar-refractivity contribution in [2.24, 2.45) is 0 Å². The number of methoxy groups -OCH3 is 2. The highest BCUT2D eigenvalue weighted by molar-refractivity contribution is 9.10. The van der Waals surface area contributed by atoms with Crippen molar-refractivity contribution in [2.45, 2.75) is 25.3 Å². The maximum absolute atomic E-state index is 12.9.